The van der Waals surface area contributed by atoms with Crippen molar-refractivity contribution < 1.29 is 15.3 Å². The third-order valence-electron chi connectivity index (χ3n) is 4.79. The van der Waals surface area contributed by atoms with Gasteiger partial charge in [-0.2, -0.15) is 0 Å². The lowest BCUT2D eigenvalue weighted by atomic mass is 9.59. The van der Waals surface area contributed by atoms with Gasteiger partial charge in [-0.1, -0.05) is 20.8 Å². The van der Waals surface area contributed by atoms with Crippen LogP contribution in [0.15, 0.2) is 0 Å². The van der Waals surface area contributed by atoms with Crippen molar-refractivity contribution in [3.8, 4) is 0 Å². The summed E-state index contributed by atoms with van der Waals surface area (Å²) in [6.07, 6.45) is 2.92. The van der Waals surface area contributed by atoms with Gasteiger partial charge in [0.1, 0.15) is 0 Å². The first-order valence-electron chi connectivity index (χ1n) is 6.24. The fourth-order valence-corrected chi connectivity index (χ4v) is 2.84. The smallest absolute Gasteiger partial charge is 0.0512 e. The summed E-state index contributed by atoms with van der Waals surface area (Å²) in [6, 6.07) is 0. The Hall–Kier alpha value is -0.120. The summed E-state index contributed by atoms with van der Waals surface area (Å²) >= 11 is 0. The second-order valence-electron chi connectivity index (χ2n) is 6.20. The molecule has 1 fully saturated rings. The van der Waals surface area contributed by atoms with Crippen LogP contribution in [0.4, 0.5) is 0 Å². The fraction of sp³-hybridized carbons (Fsp3) is 1.00. The highest BCUT2D eigenvalue weighted by Crippen LogP contribution is 2.48. The molecule has 0 aromatic carbocycles. The molecule has 0 heterocycles. The summed E-state index contributed by atoms with van der Waals surface area (Å²) in [5, 5.41) is 28.5. The van der Waals surface area contributed by atoms with Crippen molar-refractivity contribution in [3.63, 3.8) is 0 Å². The van der Waals surface area contributed by atoms with E-state index in [1.54, 1.807) is 0 Å². The van der Waals surface area contributed by atoms with Gasteiger partial charge in [0.15, 0.2) is 0 Å². The molecule has 0 saturated heterocycles. The SMILES string of the molecule is CC1CCC(C(C)(C)CO)CC1(CO)CO. The van der Waals surface area contributed by atoms with E-state index in [9.17, 15) is 15.3 Å². The monoisotopic (exact) mass is 230 g/mol. The van der Waals surface area contributed by atoms with Crippen molar-refractivity contribution in [2.75, 3.05) is 19.8 Å². The predicted octanol–water partition coefficient (Wildman–Crippen LogP) is 1.41. The minimum Gasteiger partial charge on any atom is -0.396 e. The highest BCUT2D eigenvalue weighted by atomic mass is 16.3. The van der Waals surface area contributed by atoms with Crippen molar-refractivity contribution in [1.29, 1.82) is 0 Å². The summed E-state index contributed by atoms with van der Waals surface area (Å²) in [5.41, 5.74) is -0.467. The third-order valence-corrected chi connectivity index (χ3v) is 4.79. The Labute approximate surface area is 98.5 Å². The zero-order chi connectivity index (χ0) is 12.4. The summed E-state index contributed by atoms with van der Waals surface area (Å²) in [5.74, 6) is 0.737. The number of aliphatic hydroxyl groups excluding tert-OH is 3. The van der Waals surface area contributed by atoms with Gasteiger partial charge < -0.3 is 15.3 Å². The van der Waals surface area contributed by atoms with Crippen LogP contribution < -0.4 is 0 Å². The predicted molar refractivity (Wildman–Crippen MR) is 64.0 cm³/mol. The van der Waals surface area contributed by atoms with E-state index >= 15 is 0 Å². The van der Waals surface area contributed by atoms with E-state index in [1.807, 2.05) is 0 Å². The molecule has 2 atom stereocenters. The zero-order valence-corrected chi connectivity index (χ0v) is 10.7. The molecular weight excluding hydrogens is 204 g/mol. The molecule has 1 rings (SSSR count). The Bertz CT molecular complexity index is 221. The maximum absolute atomic E-state index is 9.55. The van der Waals surface area contributed by atoms with Crippen LogP contribution in [0.2, 0.25) is 0 Å². The topological polar surface area (TPSA) is 60.7 Å². The van der Waals surface area contributed by atoms with Gasteiger partial charge in [-0.05, 0) is 36.5 Å². The standard InChI is InChI=1S/C13H26O3/c1-10-4-5-11(12(2,3)7-14)6-13(10,8-15)9-16/h10-11,14-16H,4-9H2,1-3H3. The van der Waals surface area contributed by atoms with E-state index in [1.165, 1.54) is 0 Å². The lowest BCUT2D eigenvalue weighted by molar-refractivity contribution is -0.0661. The second kappa shape index (κ2) is 5.03. The van der Waals surface area contributed by atoms with Crippen LogP contribution in [0, 0.1) is 22.7 Å². The van der Waals surface area contributed by atoms with Crippen molar-refractivity contribution in [1.82, 2.24) is 0 Å². The fourth-order valence-electron chi connectivity index (χ4n) is 2.84. The van der Waals surface area contributed by atoms with Crippen LogP contribution in [-0.4, -0.2) is 35.1 Å². The van der Waals surface area contributed by atoms with E-state index in [4.69, 9.17) is 0 Å². The molecule has 3 N–H and O–H groups in total. The zero-order valence-electron chi connectivity index (χ0n) is 10.7. The highest BCUT2D eigenvalue weighted by molar-refractivity contribution is 4.94. The molecule has 3 nitrogen and oxygen atoms in total. The number of rotatable bonds is 4. The summed E-state index contributed by atoms with van der Waals surface area (Å²) in [4.78, 5) is 0. The summed E-state index contributed by atoms with van der Waals surface area (Å²) in [7, 11) is 0. The molecule has 1 aliphatic rings. The van der Waals surface area contributed by atoms with Gasteiger partial charge in [-0.3, -0.25) is 0 Å². The molecule has 0 aromatic heterocycles. The average Bonchev–Trinajstić information content (AvgIpc) is 2.30. The first-order valence-corrected chi connectivity index (χ1v) is 6.24. The maximum Gasteiger partial charge on any atom is 0.0512 e. The van der Waals surface area contributed by atoms with Crippen LogP contribution in [-0.2, 0) is 0 Å². The second-order valence-corrected chi connectivity index (χ2v) is 6.20. The lowest BCUT2D eigenvalue weighted by Gasteiger charge is -2.48. The Morgan fingerprint density at radius 3 is 2.12 bits per heavy atom. The van der Waals surface area contributed by atoms with Crippen LogP contribution in [0.3, 0.4) is 0 Å². The molecule has 0 spiro atoms. The first-order chi connectivity index (χ1) is 7.41. The van der Waals surface area contributed by atoms with Gasteiger partial charge in [0.2, 0.25) is 0 Å². The number of hydrogen-bond acceptors (Lipinski definition) is 3. The maximum atomic E-state index is 9.55. The molecule has 0 aliphatic heterocycles. The summed E-state index contributed by atoms with van der Waals surface area (Å²) < 4.78 is 0. The van der Waals surface area contributed by atoms with Crippen LogP contribution >= 0.6 is 0 Å². The van der Waals surface area contributed by atoms with Gasteiger partial charge in [-0.25, -0.2) is 0 Å². The highest BCUT2D eigenvalue weighted by Gasteiger charge is 2.44. The van der Waals surface area contributed by atoms with E-state index in [0.29, 0.717) is 11.8 Å². The van der Waals surface area contributed by atoms with E-state index in [2.05, 4.69) is 20.8 Å². The molecule has 16 heavy (non-hydrogen) atoms. The van der Waals surface area contributed by atoms with Crippen molar-refractivity contribution in [2.45, 2.75) is 40.0 Å². The first kappa shape index (κ1) is 13.9. The van der Waals surface area contributed by atoms with Crippen molar-refractivity contribution in [2.24, 2.45) is 22.7 Å². The Morgan fingerprint density at radius 1 is 1.12 bits per heavy atom. The molecule has 0 amide bonds. The largest absolute Gasteiger partial charge is 0.396 e. The Kier molecular flexibility index (Phi) is 4.38. The van der Waals surface area contributed by atoms with Gasteiger partial charge in [-0.15, -0.1) is 0 Å². The van der Waals surface area contributed by atoms with Crippen LogP contribution in [0.25, 0.3) is 0 Å². The Balaban J connectivity index is 2.82. The molecule has 2 unspecified atom stereocenters. The third kappa shape index (κ3) is 2.41. The lowest BCUT2D eigenvalue weighted by Crippen LogP contribution is -2.45. The van der Waals surface area contributed by atoms with E-state index in [0.717, 1.165) is 19.3 Å². The molecule has 0 bridgehead atoms. The number of hydrogen-bond donors (Lipinski definition) is 3. The van der Waals surface area contributed by atoms with E-state index in [-0.39, 0.29) is 30.7 Å². The minimum absolute atomic E-state index is 0.0443. The van der Waals surface area contributed by atoms with Crippen LogP contribution in [0.1, 0.15) is 40.0 Å². The molecule has 0 aromatic rings. The molecule has 3 heteroatoms. The van der Waals surface area contributed by atoms with Gasteiger partial charge in [0.05, 0.1) is 13.2 Å². The van der Waals surface area contributed by atoms with Crippen molar-refractivity contribution in [3.05, 3.63) is 0 Å². The molecule has 1 saturated carbocycles. The Morgan fingerprint density at radius 2 is 1.69 bits per heavy atom. The molecule has 1 aliphatic carbocycles. The average molecular weight is 230 g/mol. The normalized spacial score (nSPS) is 30.4. The molecule has 0 radical (unpaired) electrons. The van der Waals surface area contributed by atoms with Gasteiger partial charge in [0, 0.05) is 12.0 Å². The molecular formula is C13H26O3. The van der Waals surface area contributed by atoms with E-state index < -0.39 is 0 Å². The minimum atomic E-state index is -0.352. The quantitative estimate of drug-likeness (QED) is 0.684. The van der Waals surface area contributed by atoms with Gasteiger partial charge in [0.25, 0.3) is 0 Å². The molecule has 96 valence electrons. The summed E-state index contributed by atoms with van der Waals surface area (Å²) in [6.45, 7) is 6.49. The van der Waals surface area contributed by atoms with Crippen molar-refractivity contribution >= 4 is 0 Å². The van der Waals surface area contributed by atoms with Gasteiger partial charge >= 0.3 is 0 Å². The number of aliphatic hydroxyl groups is 3. The van der Waals surface area contributed by atoms with Crippen LogP contribution in [0.5, 0.6) is 0 Å².